The average Bonchev–Trinajstić information content (AvgIpc) is 2.41. The maximum atomic E-state index is 12.7. The van der Waals surface area contributed by atoms with Crippen LogP contribution in [0.4, 0.5) is 30.5 Å². The summed E-state index contributed by atoms with van der Waals surface area (Å²) in [4.78, 5) is 6.83. The third-order valence-corrected chi connectivity index (χ3v) is 3.66. The van der Waals surface area contributed by atoms with E-state index in [0.717, 1.165) is 0 Å². The minimum absolute atomic E-state index is 0.0139. The van der Waals surface area contributed by atoms with Crippen LogP contribution in [0.2, 0.25) is 5.02 Å². The van der Waals surface area contributed by atoms with Gasteiger partial charge in [0.25, 0.3) is 0 Å². The Morgan fingerprint density at radius 2 is 1.81 bits per heavy atom. The van der Waals surface area contributed by atoms with Crippen molar-refractivity contribution in [1.82, 2.24) is 9.97 Å². The Labute approximate surface area is 131 Å². The summed E-state index contributed by atoms with van der Waals surface area (Å²) in [5.74, 6) is -1.15. The molecule has 1 aromatic heterocycles. The molecule has 0 aliphatic rings. The van der Waals surface area contributed by atoms with E-state index in [0.29, 0.717) is 15.2 Å². The molecule has 2 rings (SSSR count). The summed E-state index contributed by atoms with van der Waals surface area (Å²) in [6.45, 7) is 0. The van der Waals surface area contributed by atoms with Gasteiger partial charge in [0, 0.05) is 23.3 Å². The van der Waals surface area contributed by atoms with Crippen LogP contribution in [0.3, 0.4) is 0 Å². The molecule has 0 spiro atoms. The monoisotopic (exact) mass is 380 g/mol. The van der Waals surface area contributed by atoms with Gasteiger partial charge in [-0.2, -0.15) is 13.2 Å². The van der Waals surface area contributed by atoms with Crippen molar-refractivity contribution in [1.29, 1.82) is 0 Å². The lowest BCUT2D eigenvalue weighted by atomic mass is 10.3. The fourth-order valence-corrected chi connectivity index (χ4v) is 1.92. The second kappa shape index (κ2) is 6.07. The maximum Gasteiger partial charge on any atom is 0.451 e. The van der Waals surface area contributed by atoms with Crippen molar-refractivity contribution in [2.75, 3.05) is 17.7 Å². The molecule has 4 nitrogen and oxygen atoms in total. The number of hydrogen-bond donors (Lipinski definition) is 2. The Morgan fingerprint density at radius 1 is 1.14 bits per heavy atom. The molecule has 0 amide bonds. The van der Waals surface area contributed by atoms with E-state index in [1.807, 2.05) is 0 Å². The molecule has 2 N–H and O–H groups in total. The highest BCUT2D eigenvalue weighted by Gasteiger charge is 2.35. The molecule has 0 aliphatic heterocycles. The van der Waals surface area contributed by atoms with Crippen molar-refractivity contribution >= 4 is 44.9 Å². The van der Waals surface area contributed by atoms with Gasteiger partial charge in [-0.3, -0.25) is 0 Å². The summed E-state index contributed by atoms with van der Waals surface area (Å²) in [7, 11) is 1.47. The Morgan fingerprint density at radius 3 is 2.38 bits per heavy atom. The van der Waals surface area contributed by atoms with E-state index in [-0.39, 0.29) is 11.6 Å². The van der Waals surface area contributed by atoms with Crippen molar-refractivity contribution in [3.05, 3.63) is 39.6 Å². The Bertz CT molecular complexity index is 663. The van der Waals surface area contributed by atoms with Crippen LogP contribution in [0, 0.1) is 0 Å². The first kappa shape index (κ1) is 15.8. The molecular formula is C12H9BrClF3N4. The van der Waals surface area contributed by atoms with Crippen molar-refractivity contribution in [2.45, 2.75) is 6.18 Å². The summed E-state index contributed by atoms with van der Waals surface area (Å²) in [6, 6.07) is 6.27. The SMILES string of the molecule is CNc1cc(Nc2ccc(Br)c(Cl)c2)nc(C(F)(F)F)n1. The number of alkyl halides is 3. The number of halogens is 5. The molecule has 0 aliphatic carbocycles. The molecule has 0 atom stereocenters. The first-order valence-electron chi connectivity index (χ1n) is 5.65. The molecule has 0 radical (unpaired) electrons. The molecule has 0 saturated carbocycles. The van der Waals surface area contributed by atoms with Gasteiger partial charge in [0.1, 0.15) is 11.6 Å². The Hall–Kier alpha value is -1.54. The number of benzene rings is 1. The predicted octanol–water partition coefficient (Wildman–Crippen LogP) is 4.70. The van der Waals surface area contributed by atoms with E-state index in [1.165, 1.54) is 13.1 Å². The fourth-order valence-electron chi connectivity index (χ4n) is 1.49. The van der Waals surface area contributed by atoms with Crippen LogP contribution in [0.1, 0.15) is 5.82 Å². The van der Waals surface area contributed by atoms with E-state index < -0.39 is 12.0 Å². The molecule has 2 aromatic rings. The zero-order chi connectivity index (χ0) is 15.6. The summed E-state index contributed by atoms with van der Waals surface area (Å²) in [5, 5.41) is 5.75. The zero-order valence-electron chi connectivity index (χ0n) is 10.6. The molecule has 0 fully saturated rings. The average molecular weight is 382 g/mol. The van der Waals surface area contributed by atoms with Gasteiger partial charge in [-0.15, -0.1) is 0 Å². The lowest BCUT2D eigenvalue weighted by Gasteiger charge is -2.11. The summed E-state index contributed by atoms with van der Waals surface area (Å²) in [5.41, 5.74) is 0.511. The van der Waals surface area contributed by atoms with Gasteiger partial charge in [0.2, 0.25) is 5.82 Å². The molecule has 21 heavy (non-hydrogen) atoms. The van der Waals surface area contributed by atoms with E-state index in [4.69, 9.17) is 11.6 Å². The lowest BCUT2D eigenvalue weighted by molar-refractivity contribution is -0.144. The van der Waals surface area contributed by atoms with Crippen molar-refractivity contribution < 1.29 is 13.2 Å². The molecule has 1 aromatic carbocycles. The fraction of sp³-hybridized carbons (Fsp3) is 0.167. The van der Waals surface area contributed by atoms with Gasteiger partial charge < -0.3 is 10.6 Å². The molecule has 112 valence electrons. The molecule has 0 saturated heterocycles. The topological polar surface area (TPSA) is 49.8 Å². The lowest BCUT2D eigenvalue weighted by Crippen LogP contribution is -2.13. The quantitative estimate of drug-likeness (QED) is 0.809. The van der Waals surface area contributed by atoms with Crippen molar-refractivity contribution in [3.63, 3.8) is 0 Å². The first-order chi connectivity index (χ1) is 9.79. The van der Waals surface area contributed by atoms with Crippen LogP contribution in [0.15, 0.2) is 28.7 Å². The number of rotatable bonds is 3. The van der Waals surface area contributed by atoms with Gasteiger partial charge in [0.05, 0.1) is 5.02 Å². The van der Waals surface area contributed by atoms with Crippen LogP contribution < -0.4 is 10.6 Å². The highest BCUT2D eigenvalue weighted by atomic mass is 79.9. The van der Waals surface area contributed by atoms with Gasteiger partial charge in [0.15, 0.2) is 0 Å². The standard InChI is InChI=1S/C12H9BrClF3N4/c1-18-9-5-10(21-11(20-9)12(15,16)17)19-6-2-3-7(13)8(14)4-6/h2-5H,1H3,(H2,18,19,20,21). The van der Waals surface area contributed by atoms with Crippen molar-refractivity contribution in [2.24, 2.45) is 0 Å². The second-order valence-electron chi connectivity index (χ2n) is 3.96. The third kappa shape index (κ3) is 3.98. The van der Waals surface area contributed by atoms with E-state index in [2.05, 4.69) is 36.5 Å². The third-order valence-electron chi connectivity index (χ3n) is 2.43. The highest BCUT2D eigenvalue weighted by molar-refractivity contribution is 9.10. The summed E-state index contributed by atoms with van der Waals surface area (Å²) < 4.78 is 38.9. The number of nitrogens with zero attached hydrogens (tertiary/aromatic N) is 2. The van der Waals surface area contributed by atoms with Crippen LogP contribution >= 0.6 is 27.5 Å². The van der Waals surface area contributed by atoms with Gasteiger partial charge in [-0.05, 0) is 34.1 Å². The molecule has 0 bridgehead atoms. The van der Waals surface area contributed by atoms with Crippen LogP contribution in [-0.2, 0) is 6.18 Å². The molecule has 1 heterocycles. The van der Waals surface area contributed by atoms with Crippen LogP contribution in [-0.4, -0.2) is 17.0 Å². The van der Waals surface area contributed by atoms with Crippen LogP contribution in [0.5, 0.6) is 0 Å². The van der Waals surface area contributed by atoms with Crippen molar-refractivity contribution in [3.8, 4) is 0 Å². The second-order valence-corrected chi connectivity index (χ2v) is 5.23. The highest BCUT2D eigenvalue weighted by Crippen LogP contribution is 2.30. The molecular weight excluding hydrogens is 373 g/mol. The predicted molar refractivity (Wildman–Crippen MR) is 79.0 cm³/mol. The molecule has 0 unspecified atom stereocenters. The minimum atomic E-state index is -4.62. The normalized spacial score (nSPS) is 11.3. The Balaban J connectivity index is 2.36. The van der Waals surface area contributed by atoms with E-state index in [1.54, 1.807) is 18.2 Å². The van der Waals surface area contributed by atoms with Crippen LogP contribution in [0.25, 0.3) is 0 Å². The van der Waals surface area contributed by atoms with Gasteiger partial charge in [-0.25, -0.2) is 9.97 Å². The maximum absolute atomic E-state index is 12.7. The van der Waals surface area contributed by atoms with E-state index in [9.17, 15) is 13.2 Å². The van der Waals surface area contributed by atoms with Gasteiger partial charge in [-0.1, -0.05) is 11.6 Å². The molecule has 9 heteroatoms. The summed E-state index contributed by atoms with van der Waals surface area (Å²) >= 11 is 9.16. The number of aromatic nitrogens is 2. The van der Waals surface area contributed by atoms with Gasteiger partial charge >= 0.3 is 6.18 Å². The zero-order valence-corrected chi connectivity index (χ0v) is 12.9. The number of nitrogens with one attached hydrogen (secondary N) is 2. The number of anilines is 3. The van der Waals surface area contributed by atoms with E-state index >= 15 is 0 Å². The summed E-state index contributed by atoms with van der Waals surface area (Å²) in [6.07, 6.45) is -4.62. The largest absolute Gasteiger partial charge is 0.451 e. The smallest absolute Gasteiger partial charge is 0.373 e. The number of hydrogen-bond acceptors (Lipinski definition) is 4. The minimum Gasteiger partial charge on any atom is -0.373 e. The first-order valence-corrected chi connectivity index (χ1v) is 6.83. The Kier molecular flexibility index (Phi) is 4.58.